The number of aliphatic carboxylic acids is 1. The van der Waals surface area contributed by atoms with Crippen molar-refractivity contribution < 1.29 is 38.5 Å². The van der Waals surface area contributed by atoms with Crippen LogP contribution in [0.3, 0.4) is 0 Å². The molecule has 0 aliphatic heterocycles. The number of carbonyl (C=O) groups excluding carboxylic acids is 1. The van der Waals surface area contributed by atoms with Crippen molar-refractivity contribution in [3.63, 3.8) is 0 Å². The predicted molar refractivity (Wildman–Crippen MR) is 180 cm³/mol. The van der Waals surface area contributed by atoms with Gasteiger partial charge in [0.05, 0.1) is 34.4 Å². The number of carboxylic acids is 1. The Kier molecular flexibility index (Phi) is 29.2. The first-order valence-corrected chi connectivity index (χ1v) is 17.9. The number of hydrogen-bond acceptors (Lipinski definition) is 6. The third-order valence-corrected chi connectivity index (χ3v) is 7.75. The maximum absolute atomic E-state index is 11.9. The van der Waals surface area contributed by atoms with E-state index in [9.17, 15) is 19.8 Å². The molecule has 8 nitrogen and oxygen atoms in total. The van der Waals surface area contributed by atoms with Gasteiger partial charge in [-0.15, -0.1) is 0 Å². The quantitative estimate of drug-likeness (QED) is 0.0248. The minimum Gasteiger partial charge on any atom is -0.477 e. The van der Waals surface area contributed by atoms with Gasteiger partial charge in [0.1, 0.15) is 19.3 Å². The largest absolute Gasteiger partial charge is 0.477 e. The smallest absolute Gasteiger partial charge is 0.361 e. The van der Waals surface area contributed by atoms with Crippen LogP contribution in [0.15, 0.2) is 12.2 Å². The molecule has 0 saturated carbocycles. The van der Waals surface area contributed by atoms with Gasteiger partial charge < -0.3 is 28.9 Å². The molecule has 0 aliphatic carbocycles. The highest BCUT2D eigenvalue weighted by molar-refractivity contribution is 5.70. The van der Waals surface area contributed by atoms with Crippen LogP contribution in [-0.2, 0) is 23.8 Å². The molecule has 0 saturated heterocycles. The molecular weight excluding hydrogens is 558 g/mol. The number of aliphatic hydroxyl groups excluding tert-OH is 1. The van der Waals surface area contributed by atoms with Crippen LogP contribution in [0.25, 0.3) is 0 Å². The number of nitrogens with zero attached hydrogens (tertiary/aromatic N) is 1. The highest BCUT2D eigenvalue weighted by Crippen LogP contribution is 2.14. The number of esters is 1. The van der Waals surface area contributed by atoms with Crippen molar-refractivity contribution in [2.24, 2.45) is 0 Å². The minimum atomic E-state index is -1.46. The second kappa shape index (κ2) is 30.2. The molecule has 0 radical (unpaired) electrons. The van der Waals surface area contributed by atoms with Crippen molar-refractivity contribution in [2.75, 3.05) is 47.5 Å². The monoisotopic (exact) mass is 629 g/mol. The minimum absolute atomic E-state index is 0.212. The van der Waals surface area contributed by atoms with Gasteiger partial charge in [-0.2, -0.15) is 0 Å². The van der Waals surface area contributed by atoms with Crippen LogP contribution in [0.1, 0.15) is 148 Å². The number of ether oxygens (including phenoxy) is 3. The average molecular weight is 629 g/mol. The number of aliphatic hydroxyl groups is 1. The molecule has 0 aliphatic rings. The van der Waals surface area contributed by atoms with Gasteiger partial charge in [-0.3, -0.25) is 4.79 Å². The van der Waals surface area contributed by atoms with E-state index in [-0.39, 0.29) is 25.8 Å². The van der Waals surface area contributed by atoms with E-state index < -0.39 is 18.4 Å². The summed E-state index contributed by atoms with van der Waals surface area (Å²) < 4.78 is 16.1. The average Bonchev–Trinajstić information content (AvgIpc) is 2.97. The number of unbranched alkanes of at least 4 members (excludes halogenated alkanes) is 19. The number of carboxylic acid groups (broad SMARTS) is 1. The van der Waals surface area contributed by atoms with Crippen LogP contribution in [0.4, 0.5) is 0 Å². The van der Waals surface area contributed by atoms with Gasteiger partial charge in [-0.25, -0.2) is 4.79 Å². The van der Waals surface area contributed by atoms with Crippen LogP contribution in [0.5, 0.6) is 0 Å². The fourth-order valence-corrected chi connectivity index (χ4v) is 4.89. The van der Waals surface area contributed by atoms with Gasteiger partial charge in [0.2, 0.25) is 0 Å². The van der Waals surface area contributed by atoms with Crippen molar-refractivity contribution in [1.82, 2.24) is 0 Å². The number of quaternary nitrogens is 1. The molecular formula is C36H70NO7+. The third-order valence-electron chi connectivity index (χ3n) is 7.75. The van der Waals surface area contributed by atoms with Gasteiger partial charge in [0.15, 0.2) is 0 Å². The lowest BCUT2D eigenvalue weighted by atomic mass is 10.0. The summed E-state index contributed by atoms with van der Waals surface area (Å²) >= 11 is 0. The molecule has 8 heteroatoms. The molecule has 0 aromatic rings. The van der Waals surface area contributed by atoms with E-state index in [0.717, 1.165) is 19.3 Å². The molecule has 0 fully saturated rings. The molecule has 260 valence electrons. The number of likely N-dealkylation sites (N-methyl/N-ethyl adjacent to an activating group) is 1. The number of allylic oxidation sites excluding steroid dienone is 2. The SMILES string of the molecule is CCCCCCCCCC/C=C\CCCCCCCCCCCCCC(=O)OCC(O)COC(OCC[N+](C)(C)C)C(=O)O. The summed E-state index contributed by atoms with van der Waals surface area (Å²) in [5, 5.41) is 19.2. The van der Waals surface area contributed by atoms with Gasteiger partial charge in [0, 0.05) is 6.42 Å². The van der Waals surface area contributed by atoms with E-state index in [2.05, 4.69) is 19.1 Å². The maximum atomic E-state index is 11.9. The highest BCUT2D eigenvalue weighted by atomic mass is 16.7. The first-order valence-electron chi connectivity index (χ1n) is 17.9. The van der Waals surface area contributed by atoms with Crippen molar-refractivity contribution in [3.8, 4) is 0 Å². The summed E-state index contributed by atoms with van der Waals surface area (Å²) in [6, 6.07) is 0. The number of rotatable bonds is 33. The Morgan fingerprint density at radius 1 is 0.659 bits per heavy atom. The van der Waals surface area contributed by atoms with Crippen LogP contribution in [0.2, 0.25) is 0 Å². The Morgan fingerprint density at radius 2 is 1.11 bits per heavy atom. The zero-order valence-electron chi connectivity index (χ0n) is 29.1. The summed E-state index contributed by atoms with van der Waals surface area (Å²) in [5.41, 5.74) is 0. The van der Waals surface area contributed by atoms with Crippen LogP contribution < -0.4 is 0 Å². The topological polar surface area (TPSA) is 102 Å². The molecule has 0 aromatic carbocycles. The van der Waals surface area contributed by atoms with E-state index in [1.165, 1.54) is 116 Å². The summed E-state index contributed by atoms with van der Waals surface area (Å²) in [4.78, 5) is 23.2. The van der Waals surface area contributed by atoms with Crippen molar-refractivity contribution in [2.45, 2.75) is 161 Å². The summed E-state index contributed by atoms with van der Waals surface area (Å²) in [5.74, 6) is -1.61. The lowest BCUT2D eigenvalue weighted by Gasteiger charge is -2.24. The standard InChI is InChI=1S/C36H69NO7/c1-5-6-7-8-9-10-11-12-13-14-15-16-17-18-19-20-21-22-23-24-25-26-27-28-34(39)43-31-33(38)32-44-36(35(40)41)42-30-29-37(2,3)4/h14-15,33,36,38H,5-13,16-32H2,1-4H3/p+1/b15-14-. The fourth-order valence-electron chi connectivity index (χ4n) is 4.89. The normalized spacial score (nSPS) is 13.4. The lowest BCUT2D eigenvalue weighted by molar-refractivity contribution is -0.870. The maximum Gasteiger partial charge on any atom is 0.361 e. The van der Waals surface area contributed by atoms with E-state index in [1.807, 2.05) is 21.1 Å². The van der Waals surface area contributed by atoms with E-state index in [1.54, 1.807) is 0 Å². The van der Waals surface area contributed by atoms with Gasteiger partial charge in [-0.1, -0.05) is 122 Å². The Morgan fingerprint density at radius 3 is 1.57 bits per heavy atom. The second-order valence-corrected chi connectivity index (χ2v) is 13.4. The predicted octanol–water partition coefficient (Wildman–Crippen LogP) is 8.20. The summed E-state index contributed by atoms with van der Waals surface area (Å²) in [7, 11) is 5.92. The van der Waals surface area contributed by atoms with Crippen LogP contribution in [0, 0.1) is 0 Å². The number of hydrogen-bond donors (Lipinski definition) is 2. The number of carbonyl (C=O) groups is 2. The molecule has 0 bridgehead atoms. The third kappa shape index (κ3) is 31.9. The molecule has 0 aromatic heterocycles. The Labute approximate surface area is 270 Å². The molecule has 2 N–H and O–H groups in total. The molecule has 2 unspecified atom stereocenters. The second-order valence-electron chi connectivity index (χ2n) is 13.4. The van der Waals surface area contributed by atoms with Crippen molar-refractivity contribution in [1.29, 1.82) is 0 Å². The Hall–Kier alpha value is -1.48. The molecule has 2 atom stereocenters. The molecule has 0 rings (SSSR count). The molecule has 0 heterocycles. The summed E-state index contributed by atoms with van der Waals surface area (Å²) in [6.07, 6.45) is 29.5. The first-order chi connectivity index (χ1) is 21.2. The van der Waals surface area contributed by atoms with E-state index in [4.69, 9.17) is 14.2 Å². The lowest BCUT2D eigenvalue weighted by Crippen LogP contribution is -2.40. The van der Waals surface area contributed by atoms with E-state index >= 15 is 0 Å². The van der Waals surface area contributed by atoms with Gasteiger partial charge in [0.25, 0.3) is 6.29 Å². The summed E-state index contributed by atoms with van der Waals surface area (Å²) in [6.45, 7) is 2.60. The zero-order valence-corrected chi connectivity index (χ0v) is 29.1. The first kappa shape index (κ1) is 42.5. The van der Waals surface area contributed by atoms with Crippen LogP contribution >= 0.6 is 0 Å². The molecule has 44 heavy (non-hydrogen) atoms. The zero-order chi connectivity index (χ0) is 32.7. The Balaban J connectivity index is 3.49. The molecule has 0 spiro atoms. The molecule has 0 amide bonds. The highest BCUT2D eigenvalue weighted by Gasteiger charge is 2.22. The van der Waals surface area contributed by atoms with Gasteiger partial charge >= 0.3 is 11.9 Å². The Bertz CT molecular complexity index is 692. The fraction of sp³-hybridized carbons (Fsp3) is 0.889. The van der Waals surface area contributed by atoms with Gasteiger partial charge in [-0.05, 0) is 32.1 Å². The van der Waals surface area contributed by atoms with Crippen molar-refractivity contribution >= 4 is 11.9 Å². The van der Waals surface area contributed by atoms with Crippen molar-refractivity contribution in [3.05, 3.63) is 12.2 Å². The van der Waals surface area contributed by atoms with Crippen LogP contribution in [-0.4, -0.2) is 86.5 Å². The van der Waals surface area contributed by atoms with E-state index in [0.29, 0.717) is 17.4 Å².